The van der Waals surface area contributed by atoms with Crippen molar-refractivity contribution in [1.29, 1.82) is 0 Å². The van der Waals surface area contributed by atoms with Crippen LogP contribution in [0.4, 0.5) is 0 Å². The molecule has 1 aliphatic heterocycles. The van der Waals surface area contributed by atoms with E-state index < -0.39 is 121 Å². The maximum atomic E-state index is 13.4. The molecule has 2 rings (SSSR count). The number of rotatable bonds is 38. The van der Waals surface area contributed by atoms with Gasteiger partial charge in [-0.05, 0) is 34.6 Å². The van der Waals surface area contributed by atoms with Crippen molar-refractivity contribution >= 4 is 91.5 Å². The van der Waals surface area contributed by atoms with Crippen LogP contribution in [-0.4, -0.2) is 302 Å². The van der Waals surface area contributed by atoms with Crippen LogP contribution in [0.1, 0.15) is 45.9 Å². The Kier molecular flexibility index (Phi) is 39.2. The third-order valence-electron chi connectivity index (χ3n) is 13.5. The lowest BCUT2D eigenvalue weighted by Gasteiger charge is -2.37. The molecule has 0 spiro atoms. The van der Waals surface area contributed by atoms with Gasteiger partial charge in [0, 0.05) is 155 Å². The van der Waals surface area contributed by atoms with Crippen molar-refractivity contribution in [2.45, 2.75) is 71.6 Å². The molecule has 536 valence electrons. The molecule has 96 heavy (non-hydrogen) atoms. The van der Waals surface area contributed by atoms with Crippen LogP contribution in [0.5, 0.6) is 0 Å². The summed E-state index contributed by atoms with van der Waals surface area (Å²) in [5.41, 5.74) is -1.17. The van der Waals surface area contributed by atoms with Gasteiger partial charge in [0.25, 0.3) is 14.1 Å². The summed E-state index contributed by atoms with van der Waals surface area (Å²) in [7, 11) is 2.19. The lowest BCUT2D eigenvalue weighted by atomic mass is 10.2. The number of aromatic amines is 1. The van der Waals surface area contributed by atoms with Gasteiger partial charge in [-0.3, -0.25) is 77.0 Å². The van der Waals surface area contributed by atoms with E-state index in [1.165, 1.54) is 17.7 Å². The first-order chi connectivity index (χ1) is 45.6. The van der Waals surface area contributed by atoms with Crippen molar-refractivity contribution in [2.75, 3.05) is 166 Å². The Hall–Kier alpha value is -9.10. The van der Waals surface area contributed by atoms with E-state index in [0.717, 1.165) is 28.4 Å². The monoisotopic (exact) mass is 1390 g/mol. The molecule has 1 saturated heterocycles. The van der Waals surface area contributed by atoms with Gasteiger partial charge >= 0.3 is 88.6 Å². The fourth-order valence-corrected chi connectivity index (χ4v) is 10.4. The van der Waals surface area contributed by atoms with E-state index in [1.807, 2.05) is 32.4 Å². The first-order valence-electron chi connectivity index (χ1n) is 30.1. The van der Waals surface area contributed by atoms with E-state index in [0.29, 0.717) is 0 Å². The van der Waals surface area contributed by atoms with Gasteiger partial charge < -0.3 is 90.7 Å². The molecule has 1 aromatic heterocycles. The highest BCUT2D eigenvalue weighted by molar-refractivity contribution is 7.44. The van der Waals surface area contributed by atoms with Crippen molar-refractivity contribution in [3.63, 3.8) is 0 Å². The second kappa shape index (κ2) is 45.3. The molecule has 0 aromatic carbocycles. The molecule has 0 aliphatic carbocycles. The summed E-state index contributed by atoms with van der Waals surface area (Å²) >= 11 is 0. The number of hydrogen-bond donors (Lipinski definition) is 11. The van der Waals surface area contributed by atoms with Gasteiger partial charge in [0.1, 0.15) is 18.9 Å². The maximum Gasteiger partial charge on any atom is 0.396 e. The van der Waals surface area contributed by atoms with Crippen LogP contribution in [0.25, 0.3) is 4.85 Å². The summed E-state index contributed by atoms with van der Waals surface area (Å²) in [6.07, 6.45) is -1.53. The molecule has 1 aromatic rings. The smallest absolute Gasteiger partial charge is 0.396 e. The van der Waals surface area contributed by atoms with Crippen LogP contribution in [0.3, 0.4) is 0 Å². The van der Waals surface area contributed by atoms with Crippen LogP contribution in [0.15, 0.2) is 15.8 Å². The van der Waals surface area contributed by atoms with E-state index in [9.17, 15) is 76.7 Å². The van der Waals surface area contributed by atoms with E-state index in [2.05, 4.69) is 81.9 Å². The van der Waals surface area contributed by atoms with Crippen LogP contribution in [0.2, 0.25) is 0 Å². The number of nitrogens with one attached hydrogen (secondary N) is 11. The predicted molar refractivity (Wildman–Crippen MR) is 333 cm³/mol. The number of nitrogens with zero attached hydrogens (tertiary/aromatic N) is 6. The van der Waals surface area contributed by atoms with Crippen molar-refractivity contribution in [3.8, 4) is 0 Å². The van der Waals surface area contributed by atoms with Crippen molar-refractivity contribution in [3.05, 3.63) is 44.0 Å². The molecule has 1 aliphatic rings. The number of aromatic nitrogens is 2. The summed E-state index contributed by atoms with van der Waals surface area (Å²) in [5, 5.41) is 24.2. The highest BCUT2D eigenvalue weighted by Crippen LogP contribution is 2.49. The number of amides is 10. The van der Waals surface area contributed by atoms with Crippen molar-refractivity contribution in [1.82, 2.24) is 82.1 Å². The predicted octanol–water partition coefficient (Wildman–Crippen LogP) is -8.44. The summed E-state index contributed by atoms with van der Waals surface area (Å²) in [6, 6.07) is -0.199. The second-order valence-corrected chi connectivity index (χ2v) is 22.4. The minimum atomic E-state index is -1.87. The molecule has 4 unspecified atom stereocenters. The highest BCUT2D eigenvalue weighted by atomic mass is 31.2. The van der Waals surface area contributed by atoms with Gasteiger partial charge in [0.2, 0.25) is 6.54 Å². The number of hydrogen-bond acceptors (Lipinski definition) is 27. The molecule has 1 fully saturated rings. The van der Waals surface area contributed by atoms with Crippen LogP contribution >= 0.6 is 8.53 Å². The fraction of sp³-hybridized carbons (Fsp3) is 0.655. The second-order valence-electron chi connectivity index (χ2n) is 21.0. The Balaban J connectivity index is 2.24. The molecule has 0 saturated carbocycles. The van der Waals surface area contributed by atoms with Gasteiger partial charge in [0.05, 0.1) is 34.5 Å². The topological polar surface area (TPSA) is 496 Å². The van der Waals surface area contributed by atoms with Gasteiger partial charge in [-0.1, -0.05) is 0 Å². The zero-order chi connectivity index (χ0) is 71.9. The Bertz CT molecular complexity index is 2810. The van der Waals surface area contributed by atoms with Crippen LogP contribution in [0, 0.1) is 13.5 Å². The number of H-pyrrole nitrogens is 1. The summed E-state index contributed by atoms with van der Waals surface area (Å²) < 4.78 is 39.6. The third kappa shape index (κ3) is 31.0. The Morgan fingerprint density at radius 2 is 0.833 bits per heavy atom. The molecular formula is C55H88N17O23P. The summed E-state index contributed by atoms with van der Waals surface area (Å²) in [4.78, 5) is 208. The minimum Gasteiger partial charge on any atom is -0.462 e. The lowest BCUT2D eigenvalue weighted by molar-refractivity contribution is -0.152. The molecule has 41 heteroatoms. The molecule has 4 atom stereocenters. The average Bonchev–Trinajstić information content (AvgIpc) is 1.67. The standard InChI is InChI=1S/C55H88N17O23P/c1-34(2)72(35(3)4)96(93-30-20-56-6)95-37-31-39(71-33-36(5)40(73)67-55(71)88)94-38(37)32-66-46(79)45(78)61-15-25-68(21-11-57-41(74)43(76)59-13-23-69(26-16-62-47(80)51(84)89-7)27-17-63-48(81)52(85)90-8)22-12-58-42(75)44(77)60-14-24-70(28-18-64-49(82)53(86)91-9)29-19-65-50(83)54(87)92-10/h33-35,37-39H,11-32H2,1-5,7-10H3,(H,57,74)(H,58,75)(H,59,76)(H,60,77)(H,61,78)(H,62,80)(H,63,81)(H,64,82)(H,65,83)(H,66,79)(H,67,73,88). The van der Waals surface area contributed by atoms with E-state index in [4.69, 9.17) is 20.4 Å². The largest absolute Gasteiger partial charge is 0.462 e. The molecule has 11 N–H and O–H groups in total. The summed E-state index contributed by atoms with van der Waals surface area (Å²) in [6.45, 7) is 15.1. The first-order valence-corrected chi connectivity index (χ1v) is 31.2. The fourth-order valence-electron chi connectivity index (χ4n) is 8.66. The van der Waals surface area contributed by atoms with Crippen LogP contribution < -0.4 is 64.4 Å². The van der Waals surface area contributed by atoms with E-state index in [-0.39, 0.29) is 162 Å². The number of methoxy groups -OCH3 is 4. The molecule has 2 heterocycles. The Morgan fingerprint density at radius 3 is 1.12 bits per heavy atom. The maximum absolute atomic E-state index is 13.4. The number of esters is 4. The van der Waals surface area contributed by atoms with E-state index in [1.54, 1.807) is 14.7 Å². The van der Waals surface area contributed by atoms with Crippen molar-refractivity contribution in [2.24, 2.45) is 0 Å². The van der Waals surface area contributed by atoms with Gasteiger partial charge in [-0.25, -0.2) is 35.2 Å². The Labute approximate surface area is 553 Å². The number of carbonyl (C=O) groups excluding carboxylic acids is 14. The van der Waals surface area contributed by atoms with Crippen LogP contribution in [-0.2, 0) is 99.9 Å². The molecule has 0 bridgehead atoms. The normalized spacial score (nSPS) is 14.4. The Morgan fingerprint density at radius 1 is 0.531 bits per heavy atom. The zero-order valence-electron chi connectivity index (χ0n) is 55.0. The van der Waals surface area contributed by atoms with Gasteiger partial charge in [-0.2, -0.15) is 0 Å². The number of ether oxygens (including phenoxy) is 5. The minimum absolute atomic E-state index is 0.0297. The quantitative estimate of drug-likeness (QED) is 0.00731. The number of aryl methyl sites for hydroxylation is 1. The van der Waals surface area contributed by atoms with Crippen molar-refractivity contribution < 1.29 is 99.9 Å². The van der Waals surface area contributed by atoms with Gasteiger partial charge in [0.15, 0.2) is 0 Å². The molecule has 10 amide bonds. The third-order valence-corrected chi connectivity index (χ3v) is 15.7. The lowest BCUT2D eigenvalue weighted by Crippen LogP contribution is -2.49. The number of carbonyl (C=O) groups is 14. The zero-order valence-corrected chi connectivity index (χ0v) is 55.9. The summed E-state index contributed by atoms with van der Waals surface area (Å²) in [5.74, 6) is -15.2. The van der Waals surface area contributed by atoms with Gasteiger partial charge in [-0.15, -0.1) is 0 Å². The van der Waals surface area contributed by atoms with E-state index >= 15 is 0 Å². The SMILES string of the molecule is [C-]#[N+]CCOP(OC1CC(n2cc(C)c(=O)[nH]c2=O)OC1CNC(=O)C(=O)NCCN(CCNC(=O)C(=O)NCCN(CCNC(=O)C(=O)OC)CCNC(=O)C(=O)OC)CCNC(=O)C(=O)NCCN(CCNC(=O)C(=O)OC)CCNC(=O)C(=O)OC)N(C(C)C)C(C)C. The average molecular weight is 1390 g/mol. The molecule has 0 radical (unpaired) electrons. The highest BCUT2D eigenvalue weighted by Gasteiger charge is 2.42. The first kappa shape index (κ1) is 83.0. The molecular weight excluding hydrogens is 1300 g/mol. The molecule has 40 nitrogen and oxygen atoms in total.